The Morgan fingerprint density at radius 2 is 1.38 bits per heavy atom. The summed E-state index contributed by atoms with van der Waals surface area (Å²) in [6.07, 6.45) is -17.0. The standard InChI is InChI=1S/C44H56F3N7O18/c1-22(55)49-30-17-29(51-40(60)68-20-24-9-13-26(14-10-24)54(65)66)31(32(56)35(30)71-37-33(57)36(43(5,62)21-69-37)52(6)41(61)72-42(2,3)4)34-28(16-15-27(70-34)18-48-38(58)44(45,46)47)50-39(59)67-19-23-7-11-25(12-8-23)53(63)64/h7-15,28-37,56-57,62H,16-21H2,1-6H3,(H,48,58)(H,49,55)(H,50,59)(H,51,60)/t28-,29+,30-,31?,32+,33-,34+,35+,36-,37-,43+/m1/s1. The van der Waals surface area contributed by atoms with Crippen molar-refractivity contribution >= 4 is 41.5 Å². The van der Waals surface area contributed by atoms with Crippen LogP contribution in [0.1, 0.15) is 58.6 Å². The van der Waals surface area contributed by atoms with Crippen LogP contribution >= 0.6 is 0 Å². The SMILES string of the molecule is CC(=O)N[C@@H]1C[C@H](NC(=O)OCc2ccc([N+](=O)[O-])cc2)C([C@H]2OC(CNC(=O)C(F)(F)F)=CC[C@H]2NC(=O)OCc2ccc([N+](=O)[O-])cc2)[C@H](O)[C@H]1O[C@H]1OC[C@](C)(O)[C@H](N(C)C(=O)OC(C)(C)C)[C@H]1O. The molecule has 2 aliphatic heterocycles. The number of benzene rings is 2. The monoisotopic (exact) mass is 1030 g/mol. The van der Waals surface area contributed by atoms with Crippen LogP contribution < -0.4 is 21.3 Å². The third-order valence-electron chi connectivity index (χ3n) is 11.6. The quantitative estimate of drug-likeness (QED) is 0.0766. The molecule has 28 heteroatoms. The van der Waals surface area contributed by atoms with Gasteiger partial charge in [-0.1, -0.05) is 0 Å². The minimum absolute atomic E-state index is 0.240. The molecule has 1 saturated heterocycles. The number of nitrogens with zero attached hydrogens (tertiary/aromatic N) is 3. The first-order chi connectivity index (χ1) is 33.5. The third kappa shape index (κ3) is 14.8. The Hall–Kier alpha value is -6.88. The van der Waals surface area contributed by atoms with Gasteiger partial charge < -0.3 is 69.9 Å². The number of hydrogen-bond donors (Lipinski definition) is 7. The van der Waals surface area contributed by atoms with E-state index in [4.69, 9.17) is 28.4 Å². The fourth-order valence-electron chi connectivity index (χ4n) is 8.41. The van der Waals surface area contributed by atoms with Gasteiger partial charge in [0.25, 0.3) is 11.4 Å². The third-order valence-corrected chi connectivity index (χ3v) is 11.6. The van der Waals surface area contributed by atoms with Crippen LogP contribution in [0.2, 0.25) is 0 Å². The number of aliphatic hydroxyl groups excluding tert-OH is 2. The van der Waals surface area contributed by atoms with Crippen LogP contribution in [0.5, 0.6) is 0 Å². The van der Waals surface area contributed by atoms with Crippen molar-refractivity contribution in [2.24, 2.45) is 5.92 Å². The molecule has 2 heterocycles. The molecule has 0 aromatic heterocycles. The highest BCUT2D eigenvalue weighted by atomic mass is 19.4. The van der Waals surface area contributed by atoms with E-state index in [0.717, 1.165) is 11.8 Å². The molecule has 7 N–H and O–H groups in total. The lowest BCUT2D eigenvalue weighted by atomic mass is 9.72. The van der Waals surface area contributed by atoms with E-state index in [1.165, 1.54) is 68.6 Å². The van der Waals surface area contributed by atoms with Crippen molar-refractivity contribution in [3.05, 3.63) is 91.7 Å². The molecule has 396 valence electrons. The number of carbonyl (C=O) groups is 5. The molecule has 5 rings (SSSR count). The minimum Gasteiger partial charge on any atom is -0.491 e. The van der Waals surface area contributed by atoms with Gasteiger partial charge in [0, 0.05) is 50.2 Å². The summed E-state index contributed by atoms with van der Waals surface area (Å²) in [7, 11) is 1.24. The smallest absolute Gasteiger partial charge is 0.471 e. The second-order valence-electron chi connectivity index (χ2n) is 18.4. The average Bonchev–Trinajstić information content (AvgIpc) is 3.28. The molecule has 72 heavy (non-hydrogen) atoms. The fourth-order valence-corrected chi connectivity index (χ4v) is 8.41. The molecule has 1 aliphatic carbocycles. The molecule has 3 aliphatic rings. The van der Waals surface area contributed by atoms with E-state index >= 15 is 0 Å². The molecule has 11 atom stereocenters. The largest absolute Gasteiger partial charge is 0.491 e. The van der Waals surface area contributed by atoms with Crippen molar-refractivity contribution in [2.45, 2.75) is 133 Å². The van der Waals surface area contributed by atoms with Gasteiger partial charge in [-0.25, -0.2) is 14.4 Å². The summed E-state index contributed by atoms with van der Waals surface area (Å²) >= 11 is 0. The number of non-ortho nitro benzene ring substituents is 2. The summed E-state index contributed by atoms with van der Waals surface area (Å²) in [6, 6.07) is 4.49. The van der Waals surface area contributed by atoms with Crippen LogP contribution in [0, 0.1) is 26.1 Å². The fraction of sp³-hybridized carbons (Fsp3) is 0.568. The highest BCUT2D eigenvalue weighted by molar-refractivity contribution is 5.81. The minimum atomic E-state index is -5.31. The molecule has 0 spiro atoms. The number of nitrogens with one attached hydrogen (secondary N) is 4. The van der Waals surface area contributed by atoms with Crippen molar-refractivity contribution in [3.63, 3.8) is 0 Å². The molecule has 5 amide bonds. The van der Waals surface area contributed by atoms with Crippen molar-refractivity contribution < 1.29 is 90.7 Å². The first-order valence-corrected chi connectivity index (χ1v) is 22.2. The zero-order valence-electron chi connectivity index (χ0n) is 39.7. The lowest BCUT2D eigenvalue weighted by molar-refractivity contribution is -0.385. The molecule has 1 unspecified atom stereocenters. The summed E-state index contributed by atoms with van der Waals surface area (Å²) in [5.74, 6) is -4.88. The molecule has 2 fully saturated rings. The predicted octanol–water partition coefficient (Wildman–Crippen LogP) is 2.72. The van der Waals surface area contributed by atoms with Crippen LogP contribution in [0.4, 0.5) is 38.9 Å². The Morgan fingerprint density at radius 1 is 0.847 bits per heavy atom. The van der Waals surface area contributed by atoms with Gasteiger partial charge in [0.05, 0.1) is 47.2 Å². The van der Waals surface area contributed by atoms with Crippen LogP contribution in [0.25, 0.3) is 0 Å². The van der Waals surface area contributed by atoms with Gasteiger partial charge in [-0.3, -0.25) is 29.8 Å². The summed E-state index contributed by atoms with van der Waals surface area (Å²) in [5.41, 5.74) is -2.80. The van der Waals surface area contributed by atoms with E-state index in [2.05, 4.69) is 16.0 Å². The predicted molar refractivity (Wildman–Crippen MR) is 238 cm³/mol. The second-order valence-corrected chi connectivity index (χ2v) is 18.4. The molecule has 2 aromatic carbocycles. The first kappa shape index (κ1) is 56.0. The lowest BCUT2D eigenvalue weighted by Gasteiger charge is -2.52. The molecular weight excluding hydrogens is 972 g/mol. The van der Waals surface area contributed by atoms with Gasteiger partial charge in [-0.15, -0.1) is 0 Å². The Bertz CT molecular complexity index is 2330. The van der Waals surface area contributed by atoms with Gasteiger partial charge in [-0.05, 0) is 82.0 Å². The second kappa shape index (κ2) is 23.1. The maximum atomic E-state index is 13.6. The molecule has 0 radical (unpaired) electrons. The topological polar surface area (TPSA) is 339 Å². The van der Waals surface area contributed by atoms with Gasteiger partial charge >= 0.3 is 30.4 Å². The molecule has 25 nitrogen and oxygen atoms in total. The maximum absolute atomic E-state index is 13.6. The molecule has 0 bridgehead atoms. The summed E-state index contributed by atoms with van der Waals surface area (Å²) < 4.78 is 74.3. The number of likely N-dealkylation sites (N-methyl/N-ethyl adjacent to an activating group) is 1. The molecule has 2 aromatic rings. The highest BCUT2D eigenvalue weighted by Gasteiger charge is 2.56. The Labute approximate surface area is 408 Å². The van der Waals surface area contributed by atoms with E-state index in [9.17, 15) is 72.7 Å². The summed E-state index contributed by atoms with van der Waals surface area (Å²) in [4.78, 5) is 86.9. The zero-order chi connectivity index (χ0) is 53.5. The van der Waals surface area contributed by atoms with Gasteiger partial charge in [-0.2, -0.15) is 13.2 Å². The van der Waals surface area contributed by atoms with Crippen LogP contribution in [0.15, 0.2) is 60.4 Å². The van der Waals surface area contributed by atoms with Crippen molar-refractivity contribution in [3.8, 4) is 0 Å². The van der Waals surface area contributed by atoms with Gasteiger partial charge in [0.1, 0.15) is 48.5 Å². The number of ether oxygens (including phenoxy) is 6. The first-order valence-electron chi connectivity index (χ1n) is 22.2. The average molecular weight is 1030 g/mol. The number of alkyl carbamates (subject to hydrolysis) is 2. The van der Waals surface area contributed by atoms with Gasteiger partial charge in [0.2, 0.25) is 5.91 Å². The number of amides is 5. The molecular formula is C44H56F3N7O18. The lowest BCUT2D eigenvalue weighted by Crippen LogP contribution is -2.70. The number of halogens is 3. The summed E-state index contributed by atoms with van der Waals surface area (Å²) in [5, 5.41) is 67.5. The Kier molecular flexibility index (Phi) is 18.0. The Morgan fingerprint density at radius 3 is 1.86 bits per heavy atom. The highest BCUT2D eigenvalue weighted by Crippen LogP contribution is 2.39. The van der Waals surface area contributed by atoms with Crippen LogP contribution in [0.3, 0.4) is 0 Å². The van der Waals surface area contributed by atoms with Crippen molar-refractivity contribution in [1.29, 1.82) is 0 Å². The maximum Gasteiger partial charge on any atom is 0.471 e. The van der Waals surface area contributed by atoms with E-state index < -0.39 is 144 Å². The van der Waals surface area contributed by atoms with Gasteiger partial charge in [0.15, 0.2) is 6.29 Å². The normalized spacial score (nSPS) is 27.4. The van der Waals surface area contributed by atoms with E-state index in [0.29, 0.717) is 11.1 Å². The number of nitro groups is 2. The van der Waals surface area contributed by atoms with Crippen LogP contribution in [-0.4, -0.2) is 153 Å². The number of carbonyl (C=O) groups excluding carboxylic acids is 5. The molecule has 1 saturated carbocycles. The van der Waals surface area contributed by atoms with Crippen molar-refractivity contribution in [1.82, 2.24) is 26.2 Å². The van der Waals surface area contributed by atoms with E-state index in [-0.39, 0.29) is 30.0 Å². The Balaban J connectivity index is 1.52. The van der Waals surface area contributed by atoms with E-state index in [1.54, 1.807) is 26.1 Å². The zero-order valence-corrected chi connectivity index (χ0v) is 39.7. The van der Waals surface area contributed by atoms with E-state index in [1.807, 2.05) is 0 Å². The summed E-state index contributed by atoms with van der Waals surface area (Å²) in [6.45, 7) is 4.85. The number of aliphatic hydroxyl groups is 3. The van der Waals surface area contributed by atoms with Crippen LogP contribution in [-0.2, 0) is 51.2 Å². The number of alkyl halides is 3. The number of nitro benzene ring substituents is 2. The van der Waals surface area contributed by atoms with Crippen molar-refractivity contribution in [2.75, 3.05) is 20.2 Å². The number of rotatable bonds is 15. The number of hydrogen-bond acceptors (Lipinski definition) is 18.